The number of rotatable bonds is 1. The molecule has 0 bridgehead atoms. The molecular formula is C6H12OS2. The lowest BCUT2D eigenvalue weighted by atomic mass is 10.5. The molecule has 9 heavy (non-hydrogen) atoms. The van der Waals surface area contributed by atoms with Crippen LogP contribution in [0.3, 0.4) is 0 Å². The van der Waals surface area contributed by atoms with Gasteiger partial charge in [0.2, 0.25) is 0 Å². The van der Waals surface area contributed by atoms with Crippen molar-refractivity contribution in [1.29, 1.82) is 0 Å². The minimum atomic E-state index is 0.334. The van der Waals surface area contributed by atoms with Gasteiger partial charge in [-0.3, -0.25) is 0 Å². The molecule has 0 saturated carbocycles. The molecule has 54 valence electrons. The zero-order valence-electron chi connectivity index (χ0n) is 5.76. The van der Waals surface area contributed by atoms with E-state index in [1.54, 1.807) is 0 Å². The Morgan fingerprint density at radius 1 is 1.67 bits per heavy atom. The van der Waals surface area contributed by atoms with Gasteiger partial charge in [-0.2, -0.15) is 0 Å². The van der Waals surface area contributed by atoms with Crippen LogP contribution in [0, 0.1) is 0 Å². The van der Waals surface area contributed by atoms with E-state index in [-0.39, 0.29) is 0 Å². The molecule has 1 rings (SSSR count). The highest BCUT2D eigenvalue weighted by Gasteiger charge is 2.31. The van der Waals surface area contributed by atoms with Crippen molar-refractivity contribution in [3.05, 3.63) is 0 Å². The van der Waals surface area contributed by atoms with E-state index in [1.165, 1.54) is 0 Å². The fraction of sp³-hybridized carbons (Fsp3) is 1.00. The van der Waals surface area contributed by atoms with Gasteiger partial charge in [0.15, 0.2) is 0 Å². The van der Waals surface area contributed by atoms with E-state index in [9.17, 15) is 0 Å². The zero-order valence-corrected chi connectivity index (χ0v) is 7.39. The van der Waals surface area contributed by atoms with Crippen LogP contribution >= 0.6 is 23.5 Å². The van der Waals surface area contributed by atoms with Gasteiger partial charge in [0.25, 0.3) is 0 Å². The molecule has 1 atom stereocenters. The van der Waals surface area contributed by atoms with E-state index in [4.69, 9.17) is 5.11 Å². The smallest absolute Gasteiger partial charge is 0.0559 e. The molecule has 0 unspecified atom stereocenters. The van der Waals surface area contributed by atoms with Gasteiger partial charge in [0.05, 0.1) is 10.7 Å². The van der Waals surface area contributed by atoms with Gasteiger partial charge in [-0.15, -0.1) is 23.5 Å². The van der Waals surface area contributed by atoms with Crippen LogP contribution in [0.2, 0.25) is 0 Å². The van der Waals surface area contributed by atoms with Crippen molar-refractivity contribution in [3.8, 4) is 0 Å². The summed E-state index contributed by atoms with van der Waals surface area (Å²) in [6.45, 7) is 4.75. The summed E-state index contributed by atoms with van der Waals surface area (Å²) in [7, 11) is 0. The summed E-state index contributed by atoms with van der Waals surface area (Å²) in [6, 6.07) is 0. The standard InChI is InChI=1S/C6H12OS2/c1-6(2)8-4-5(3-7)9-6/h5,7H,3-4H2,1-2H3/t5-/m0/s1. The number of thioether (sulfide) groups is 2. The third kappa shape index (κ3) is 2.06. The van der Waals surface area contributed by atoms with Crippen LogP contribution in [0.4, 0.5) is 0 Å². The van der Waals surface area contributed by atoms with Crippen molar-refractivity contribution in [3.63, 3.8) is 0 Å². The molecule has 0 aromatic heterocycles. The van der Waals surface area contributed by atoms with Gasteiger partial charge in [0, 0.05) is 11.0 Å². The molecular weight excluding hydrogens is 152 g/mol. The third-order valence-corrected chi connectivity index (χ3v) is 4.61. The summed E-state index contributed by atoms with van der Waals surface area (Å²) >= 11 is 3.82. The Balaban J connectivity index is 2.38. The Kier molecular flexibility index (Phi) is 2.35. The van der Waals surface area contributed by atoms with Gasteiger partial charge in [-0.1, -0.05) is 0 Å². The first-order valence-corrected chi connectivity index (χ1v) is 4.93. The third-order valence-electron chi connectivity index (χ3n) is 1.27. The van der Waals surface area contributed by atoms with E-state index in [0.717, 1.165) is 5.75 Å². The van der Waals surface area contributed by atoms with Crippen molar-refractivity contribution in [2.75, 3.05) is 12.4 Å². The Morgan fingerprint density at radius 3 is 2.56 bits per heavy atom. The number of hydrogen-bond donors (Lipinski definition) is 1. The lowest BCUT2D eigenvalue weighted by Crippen LogP contribution is -2.08. The Bertz CT molecular complexity index is 103. The molecule has 1 N–H and O–H groups in total. The maximum Gasteiger partial charge on any atom is 0.0559 e. The first-order chi connectivity index (χ1) is 4.14. The summed E-state index contributed by atoms with van der Waals surface area (Å²) in [5.74, 6) is 1.11. The van der Waals surface area contributed by atoms with E-state index in [2.05, 4.69) is 13.8 Å². The quantitative estimate of drug-likeness (QED) is 0.635. The molecule has 0 amide bonds. The minimum Gasteiger partial charge on any atom is -0.395 e. The summed E-state index contributed by atoms with van der Waals surface area (Å²) in [6.07, 6.45) is 0. The van der Waals surface area contributed by atoms with E-state index in [0.29, 0.717) is 15.9 Å². The molecule has 1 fully saturated rings. The molecule has 1 aliphatic heterocycles. The van der Waals surface area contributed by atoms with Crippen LogP contribution in [-0.4, -0.2) is 26.8 Å². The highest BCUT2D eigenvalue weighted by molar-refractivity contribution is 8.21. The normalized spacial score (nSPS) is 33.0. The van der Waals surface area contributed by atoms with Gasteiger partial charge in [0.1, 0.15) is 0 Å². The van der Waals surface area contributed by atoms with Crippen LogP contribution in [0.25, 0.3) is 0 Å². The lowest BCUT2D eigenvalue weighted by Gasteiger charge is -2.14. The average Bonchev–Trinajstić information content (AvgIpc) is 2.10. The van der Waals surface area contributed by atoms with E-state index >= 15 is 0 Å². The largest absolute Gasteiger partial charge is 0.395 e. The highest BCUT2D eigenvalue weighted by atomic mass is 32.2. The summed E-state index contributed by atoms with van der Waals surface area (Å²) in [5.41, 5.74) is 0. The van der Waals surface area contributed by atoms with Gasteiger partial charge < -0.3 is 5.11 Å². The predicted molar refractivity (Wildman–Crippen MR) is 45.0 cm³/mol. The maximum atomic E-state index is 8.76. The van der Waals surface area contributed by atoms with Crippen molar-refractivity contribution < 1.29 is 5.11 Å². The molecule has 0 aliphatic carbocycles. The van der Waals surface area contributed by atoms with Crippen LogP contribution < -0.4 is 0 Å². The molecule has 3 heteroatoms. The molecule has 0 radical (unpaired) electrons. The van der Waals surface area contributed by atoms with Crippen LogP contribution in [-0.2, 0) is 0 Å². The second-order valence-corrected chi connectivity index (χ2v) is 6.46. The maximum absolute atomic E-state index is 8.76. The predicted octanol–water partition coefficient (Wildman–Crippen LogP) is 1.56. The summed E-state index contributed by atoms with van der Waals surface area (Å²) < 4.78 is 0.341. The topological polar surface area (TPSA) is 20.2 Å². The summed E-state index contributed by atoms with van der Waals surface area (Å²) in [5, 5.41) is 9.24. The average molecular weight is 164 g/mol. The van der Waals surface area contributed by atoms with Crippen molar-refractivity contribution in [2.24, 2.45) is 0 Å². The van der Waals surface area contributed by atoms with Crippen molar-refractivity contribution >= 4 is 23.5 Å². The lowest BCUT2D eigenvalue weighted by molar-refractivity contribution is 0.301. The zero-order chi connectivity index (χ0) is 6.91. The van der Waals surface area contributed by atoms with Crippen LogP contribution in [0.1, 0.15) is 13.8 Å². The second-order valence-electron chi connectivity index (χ2n) is 2.63. The Morgan fingerprint density at radius 2 is 2.33 bits per heavy atom. The first-order valence-electron chi connectivity index (χ1n) is 3.07. The molecule has 1 nitrogen and oxygen atoms in total. The molecule has 1 heterocycles. The van der Waals surface area contributed by atoms with Crippen molar-refractivity contribution in [1.82, 2.24) is 0 Å². The van der Waals surface area contributed by atoms with Gasteiger partial charge in [-0.05, 0) is 13.8 Å². The molecule has 0 spiro atoms. The van der Waals surface area contributed by atoms with Crippen molar-refractivity contribution in [2.45, 2.75) is 23.2 Å². The van der Waals surface area contributed by atoms with E-state index in [1.807, 2.05) is 23.5 Å². The molecule has 0 aromatic carbocycles. The van der Waals surface area contributed by atoms with E-state index < -0.39 is 0 Å². The molecule has 1 saturated heterocycles. The SMILES string of the molecule is CC1(C)SC[C@H](CO)S1. The summed E-state index contributed by atoms with van der Waals surface area (Å²) in [4.78, 5) is 0. The van der Waals surface area contributed by atoms with Crippen LogP contribution in [0.5, 0.6) is 0 Å². The fourth-order valence-electron chi connectivity index (χ4n) is 0.853. The Hall–Kier alpha value is 0.660. The molecule has 0 aromatic rings. The van der Waals surface area contributed by atoms with Gasteiger partial charge in [-0.25, -0.2) is 0 Å². The van der Waals surface area contributed by atoms with Gasteiger partial charge >= 0.3 is 0 Å². The Labute approximate surface area is 64.6 Å². The minimum absolute atomic E-state index is 0.334. The fourth-order valence-corrected chi connectivity index (χ4v) is 3.78. The molecule has 1 aliphatic rings. The first kappa shape index (κ1) is 7.76. The monoisotopic (exact) mass is 164 g/mol. The number of aliphatic hydroxyl groups is 1. The second kappa shape index (κ2) is 2.72. The number of aliphatic hydroxyl groups excluding tert-OH is 1. The highest BCUT2D eigenvalue weighted by Crippen LogP contribution is 2.46. The van der Waals surface area contributed by atoms with Crippen LogP contribution in [0.15, 0.2) is 0 Å². The number of hydrogen-bond acceptors (Lipinski definition) is 3.